The highest BCUT2D eigenvalue weighted by atomic mass is 19.2. The maximum Gasteiger partial charge on any atom is 0.272 e. The van der Waals surface area contributed by atoms with Crippen LogP contribution in [-0.4, -0.2) is 27.3 Å². The summed E-state index contributed by atoms with van der Waals surface area (Å²) in [5.41, 5.74) is 2.96. The molecule has 7 heteroatoms. The zero-order chi connectivity index (χ0) is 18.8. The van der Waals surface area contributed by atoms with Crippen molar-refractivity contribution in [2.24, 2.45) is 0 Å². The average molecular weight is 366 g/mol. The predicted octanol–water partition coefficient (Wildman–Crippen LogP) is 3.70. The van der Waals surface area contributed by atoms with Crippen molar-refractivity contribution in [2.75, 3.05) is 11.9 Å². The minimum absolute atomic E-state index is 0.194. The number of carbonyl (C=O) groups is 1. The molecule has 4 rings (SSSR count). The molecule has 0 fully saturated rings. The molecule has 27 heavy (non-hydrogen) atoms. The van der Waals surface area contributed by atoms with Gasteiger partial charge in [-0.15, -0.1) is 0 Å². The highest BCUT2D eigenvalue weighted by Gasteiger charge is 2.22. The van der Waals surface area contributed by atoms with Crippen LogP contribution in [0.1, 0.15) is 21.6 Å². The molecule has 0 saturated carbocycles. The van der Waals surface area contributed by atoms with Crippen LogP contribution in [0, 0.1) is 11.6 Å². The van der Waals surface area contributed by atoms with Crippen LogP contribution in [0.15, 0.2) is 54.9 Å². The number of nitrogens with one attached hydrogen (secondary N) is 1. The third kappa shape index (κ3) is 3.62. The maximum absolute atomic E-state index is 13.3. The molecule has 0 bridgehead atoms. The number of amides is 1. The fraction of sp³-hybridized carbons (Fsp3) is 0.150. The number of benzene rings is 2. The van der Waals surface area contributed by atoms with Crippen molar-refractivity contribution >= 4 is 17.4 Å². The summed E-state index contributed by atoms with van der Waals surface area (Å²) in [5.74, 6) is -1.75. The molecule has 0 atom stereocenters. The van der Waals surface area contributed by atoms with E-state index in [1.165, 1.54) is 24.0 Å². The Morgan fingerprint density at radius 2 is 1.81 bits per heavy atom. The van der Waals surface area contributed by atoms with E-state index < -0.39 is 11.6 Å². The number of fused-ring (bicyclic) bond motifs is 1. The van der Waals surface area contributed by atoms with E-state index in [1.807, 2.05) is 18.2 Å². The van der Waals surface area contributed by atoms with Gasteiger partial charge in [-0.2, -0.15) is 0 Å². The van der Waals surface area contributed by atoms with Gasteiger partial charge in [0.15, 0.2) is 11.6 Å². The van der Waals surface area contributed by atoms with E-state index in [4.69, 9.17) is 0 Å². The van der Waals surface area contributed by atoms with Crippen LogP contribution in [-0.2, 0) is 13.0 Å². The summed E-state index contributed by atoms with van der Waals surface area (Å²) in [6.45, 7) is 1.15. The van der Waals surface area contributed by atoms with E-state index in [9.17, 15) is 13.6 Å². The number of nitrogens with zero attached hydrogens (tertiary/aromatic N) is 3. The quantitative estimate of drug-likeness (QED) is 0.768. The monoisotopic (exact) mass is 366 g/mol. The van der Waals surface area contributed by atoms with E-state index in [0.29, 0.717) is 24.6 Å². The Balaban J connectivity index is 1.52. The molecular weight excluding hydrogens is 350 g/mol. The van der Waals surface area contributed by atoms with E-state index in [1.54, 1.807) is 4.90 Å². The molecule has 1 aliphatic rings. The molecule has 0 saturated heterocycles. The Labute approximate surface area is 154 Å². The average Bonchev–Trinajstić information content (AvgIpc) is 2.70. The van der Waals surface area contributed by atoms with Crippen molar-refractivity contribution in [1.82, 2.24) is 14.9 Å². The van der Waals surface area contributed by atoms with Crippen molar-refractivity contribution in [3.8, 4) is 0 Å². The summed E-state index contributed by atoms with van der Waals surface area (Å²) in [6.07, 6.45) is 2.07. The third-order valence-electron chi connectivity index (χ3n) is 4.50. The molecule has 136 valence electrons. The number of hydrogen-bond acceptors (Lipinski definition) is 4. The number of aromatic nitrogens is 2. The molecule has 1 amide bonds. The van der Waals surface area contributed by atoms with Gasteiger partial charge >= 0.3 is 0 Å². The highest BCUT2D eigenvalue weighted by Crippen LogP contribution is 2.21. The molecular formula is C20H16F2N4O. The van der Waals surface area contributed by atoms with Gasteiger partial charge in [0.2, 0.25) is 0 Å². The molecule has 0 radical (unpaired) electrons. The van der Waals surface area contributed by atoms with Gasteiger partial charge in [-0.05, 0) is 29.7 Å². The van der Waals surface area contributed by atoms with Crippen molar-refractivity contribution < 1.29 is 13.6 Å². The number of hydrogen-bond donors (Lipinski definition) is 1. The fourth-order valence-corrected chi connectivity index (χ4v) is 3.10. The second kappa shape index (κ2) is 7.11. The Kier molecular flexibility index (Phi) is 4.50. The van der Waals surface area contributed by atoms with Crippen LogP contribution in [0.4, 0.5) is 20.3 Å². The Hall–Kier alpha value is -3.35. The summed E-state index contributed by atoms with van der Waals surface area (Å²) < 4.78 is 26.4. The SMILES string of the molecule is O=C(c1cc(Nc2ccc(F)c(F)c2)ncn1)N1CCc2ccccc2C1. The molecule has 1 aliphatic heterocycles. The van der Waals surface area contributed by atoms with Gasteiger partial charge in [0.25, 0.3) is 5.91 Å². The molecule has 1 aromatic heterocycles. The minimum Gasteiger partial charge on any atom is -0.340 e. The summed E-state index contributed by atoms with van der Waals surface area (Å²) >= 11 is 0. The number of anilines is 2. The van der Waals surface area contributed by atoms with Crippen molar-refractivity contribution in [2.45, 2.75) is 13.0 Å². The first-order valence-corrected chi connectivity index (χ1v) is 8.50. The normalized spacial score (nSPS) is 13.2. The molecule has 1 N–H and O–H groups in total. The number of carbonyl (C=O) groups excluding carboxylic acids is 1. The lowest BCUT2D eigenvalue weighted by Crippen LogP contribution is -2.36. The lowest BCUT2D eigenvalue weighted by molar-refractivity contribution is 0.0728. The predicted molar refractivity (Wildman–Crippen MR) is 96.6 cm³/mol. The second-order valence-corrected chi connectivity index (χ2v) is 6.29. The smallest absolute Gasteiger partial charge is 0.272 e. The van der Waals surface area contributed by atoms with Crippen LogP contribution >= 0.6 is 0 Å². The lowest BCUT2D eigenvalue weighted by Gasteiger charge is -2.28. The van der Waals surface area contributed by atoms with E-state index in [0.717, 1.165) is 24.1 Å². The van der Waals surface area contributed by atoms with Crippen molar-refractivity contribution in [1.29, 1.82) is 0 Å². The van der Waals surface area contributed by atoms with E-state index in [2.05, 4.69) is 21.4 Å². The van der Waals surface area contributed by atoms with Gasteiger partial charge in [-0.25, -0.2) is 18.7 Å². The third-order valence-corrected chi connectivity index (χ3v) is 4.50. The molecule has 0 unspecified atom stereocenters. The molecule has 0 aliphatic carbocycles. The Bertz CT molecular complexity index is 1010. The maximum atomic E-state index is 13.3. The summed E-state index contributed by atoms with van der Waals surface area (Å²) in [5, 5.41) is 2.86. The largest absolute Gasteiger partial charge is 0.340 e. The summed E-state index contributed by atoms with van der Waals surface area (Å²) in [4.78, 5) is 22.7. The first-order valence-electron chi connectivity index (χ1n) is 8.50. The van der Waals surface area contributed by atoms with Crippen LogP contribution < -0.4 is 5.32 Å². The van der Waals surface area contributed by atoms with E-state index in [-0.39, 0.29) is 11.6 Å². The van der Waals surface area contributed by atoms with Crippen LogP contribution in [0.25, 0.3) is 0 Å². The first-order chi connectivity index (χ1) is 13.1. The van der Waals surface area contributed by atoms with Gasteiger partial charge in [-0.3, -0.25) is 4.79 Å². The summed E-state index contributed by atoms with van der Waals surface area (Å²) in [6, 6.07) is 13.0. The Morgan fingerprint density at radius 3 is 2.63 bits per heavy atom. The molecule has 3 aromatic rings. The van der Waals surface area contributed by atoms with Crippen molar-refractivity contribution in [3.05, 3.63) is 83.3 Å². The molecule has 0 spiro atoms. The number of rotatable bonds is 3. The Morgan fingerprint density at radius 1 is 1.00 bits per heavy atom. The van der Waals surface area contributed by atoms with Gasteiger partial charge in [0.05, 0.1) is 0 Å². The first kappa shape index (κ1) is 17.1. The standard InChI is InChI=1S/C20H16F2N4O/c21-16-6-5-15(9-17(16)22)25-19-10-18(23-12-24-19)20(27)26-8-7-13-3-1-2-4-14(13)11-26/h1-6,9-10,12H,7-8,11H2,(H,23,24,25). The number of halogens is 2. The molecule has 5 nitrogen and oxygen atoms in total. The van der Waals surface area contributed by atoms with Crippen LogP contribution in [0.5, 0.6) is 0 Å². The molecule has 2 aromatic carbocycles. The topological polar surface area (TPSA) is 58.1 Å². The highest BCUT2D eigenvalue weighted by molar-refractivity contribution is 5.93. The second-order valence-electron chi connectivity index (χ2n) is 6.29. The van der Waals surface area contributed by atoms with Gasteiger partial charge in [-0.1, -0.05) is 24.3 Å². The summed E-state index contributed by atoms with van der Waals surface area (Å²) in [7, 11) is 0. The van der Waals surface area contributed by atoms with Gasteiger partial charge < -0.3 is 10.2 Å². The fourth-order valence-electron chi connectivity index (χ4n) is 3.10. The van der Waals surface area contributed by atoms with E-state index >= 15 is 0 Å². The zero-order valence-electron chi connectivity index (χ0n) is 14.3. The zero-order valence-corrected chi connectivity index (χ0v) is 14.3. The van der Waals surface area contributed by atoms with Crippen LogP contribution in [0.2, 0.25) is 0 Å². The minimum atomic E-state index is -0.961. The van der Waals surface area contributed by atoms with Gasteiger partial charge in [0.1, 0.15) is 17.8 Å². The van der Waals surface area contributed by atoms with Gasteiger partial charge in [0, 0.05) is 30.9 Å². The van der Waals surface area contributed by atoms with Crippen molar-refractivity contribution in [3.63, 3.8) is 0 Å². The lowest BCUT2D eigenvalue weighted by atomic mass is 10.00. The van der Waals surface area contributed by atoms with Crippen LogP contribution in [0.3, 0.4) is 0 Å². The molecule has 2 heterocycles.